The molecule has 0 saturated carbocycles. The van der Waals surface area contributed by atoms with Crippen molar-refractivity contribution in [3.05, 3.63) is 70.4 Å². The molecule has 0 saturated heterocycles. The van der Waals surface area contributed by atoms with Crippen LogP contribution in [0.4, 0.5) is 0 Å². The molecular formula is C19H14N2O2S. The zero-order valence-electron chi connectivity index (χ0n) is 12.9. The summed E-state index contributed by atoms with van der Waals surface area (Å²) in [4.78, 5) is 1.01. The average Bonchev–Trinajstić information content (AvgIpc) is 2.99. The van der Waals surface area contributed by atoms with E-state index in [9.17, 15) is 5.26 Å². The first-order chi connectivity index (χ1) is 11.7. The van der Waals surface area contributed by atoms with Crippen molar-refractivity contribution in [3.63, 3.8) is 0 Å². The third-order valence-electron chi connectivity index (χ3n) is 4.17. The first kappa shape index (κ1) is 14.6. The molecule has 1 aliphatic heterocycles. The van der Waals surface area contributed by atoms with Gasteiger partial charge in [0.05, 0.1) is 17.9 Å². The number of nitrogens with zero attached hydrogens (tertiary/aromatic N) is 1. The van der Waals surface area contributed by atoms with E-state index in [1.54, 1.807) is 18.4 Å². The Morgan fingerprint density at radius 1 is 1.17 bits per heavy atom. The number of nitriles is 1. The summed E-state index contributed by atoms with van der Waals surface area (Å²) in [5.74, 6) is 1.49. The molecule has 1 unspecified atom stereocenters. The van der Waals surface area contributed by atoms with Gasteiger partial charge < -0.3 is 15.2 Å². The van der Waals surface area contributed by atoms with Gasteiger partial charge in [0.1, 0.15) is 17.4 Å². The Morgan fingerprint density at radius 2 is 1.92 bits per heavy atom. The number of nitrogens with two attached hydrogens (primary N) is 1. The van der Waals surface area contributed by atoms with Gasteiger partial charge in [-0.05, 0) is 29.8 Å². The van der Waals surface area contributed by atoms with Crippen LogP contribution in [0.3, 0.4) is 0 Å². The third-order valence-corrected chi connectivity index (χ3v) is 5.39. The lowest BCUT2D eigenvalue weighted by atomic mass is 9.88. The second-order valence-electron chi connectivity index (χ2n) is 5.49. The van der Waals surface area contributed by atoms with Gasteiger partial charge in [0.25, 0.3) is 0 Å². The second kappa shape index (κ2) is 5.59. The van der Waals surface area contributed by atoms with Crippen molar-refractivity contribution in [2.24, 2.45) is 5.73 Å². The summed E-state index contributed by atoms with van der Waals surface area (Å²) >= 11 is 1.64. The molecule has 0 amide bonds. The van der Waals surface area contributed by atoms with Crippen LogP contribution in [0.25, 0.3) is 10.1 Å². The van der Waals surface area contributed by atoms with Gasteiger partial charge in [-0.1, -0.05) is 24.3 Å². The molecule has 0 fully saturated rings. The SMILES string of the molecule is COc1ccc(C2C(C#N)=C(N)Oc3c2sc2ccccc32)cc1. The predicted octanol–water partition coefficient (Wildman–Crippen LogP) is 4.13. The largest absolute Gasteiger partial charge is 0.497 e. The number of methoxy groups -OCH3 is 1. The van der Waals surface area contributed by atoms with Gasteiger partial charge in [0, 0.05) is 10.1 Å². The Balaban J connectivity index is 1.95. The highest BCUT2D eigenvalue weighted by molar-refractivity contribution is 7.19. The van der Waals surface area contributed by atoms with Crippen LogP contribution >= 0.6 is 11.3 Å². The molecule has 5 heteroatoms. The second-order valence-corrected chi connectivity index (χ2v) is 6.57. The zero-order chi connectivity index (χ0) is 16.7. The fourth-order valence-corrected chi connectivity index (χ4v) is 4.28. The fraction of sp³-hybridized carbons (Fsp3) is 0.105. The molecule has 1 atom stereocenters. The molecule has 4 rings (SSSR count). The minimum absolute atomic E-state index is 0.175. The lowest BCUT2D eigenvalue weighted by molar-refractivity contribution is 0.401. The van der Waals surface area contributed by atoms with Crippen LogP contribution in [0.15, 0.2) is 60.0 Å². The molecule has 3 aromatic rings. The summed E-state index contributed by atoms with van der Waals surface area (Å²) in [6.07, 6.45) is 0. The first-order valence-corrected chi connectivity index (χ1v) is 8.27. The van der Waals surface area contributed by atoms with Gasteiger partial charge in [-0.15, -0.1) is 11.3 Å². The highest BCUT2D eigenvalue weighted by Gasteiger charge is 2.33. The number of hydrogen-bond donors (Lipinski definition) is 1. The molecular weight excluding hydrogens is 320 g/mol. The lowest BCUT2D eigenvalue weighted by Crippen LogP contribution is -2.19. The summed E-state index contributed by atoms with van der Waals surface area (Å²) < 4.78 is 12.1. The number of ether oxygens (including phenoxy) is 2. The van der Waals surface area contributed by atoms with Crippen LogP contribution in [-0.2, 0) is 0 Å². The first-order valence-electron chi connectivity index (χ1n) is 7.46. The molecule has 0 aliphatic carbocycles. The summed E-state index contributed by atoms with van der Waals surface area (Å²) in [6, 6.07) is 18.0. The van der Waals surface area contributed by atoms with Crippen molar-refractivity contribution in [2.45, 2.75) is 5.92 Å². The maximum Gasteiger partial charge on any atom is 0.205 e. The van der Waals surface area contributed by atoms with E-state index in [4.69, 9.17) is 15.2 Å². The summed E-state index contributed by atoms with van der Waals surface area (Å²) in [7, 11) is 1.63. The molecule has 1 aliphatic rings. The van der Waals surface area contributed by atoms with Crippen LogP contribution < -0.4 is 15.2 Å². The van der Waals surface area contributed by atoms with E-state index in [-0.39, 0.29) is 11.8 Å². The van der Waals surface area contributed by atoms with Crippen molar-refractivity contribution in [1.82, 2.24) is 0 Å². The smallest absolute Gasteiger partial charge is 0.205 e. The Labute approximate surface area is 143 Å². The van der Waals surface area contributed by atoms with Crippen LogP contribution in [0.1, 0.15) is 16.4 Å². The minimum atomic E-state index is -0.220. The van der Waals surface area contributed by atoms with Crippen LogP contribution in [0, 0.1) is 11.3 Å². The quantitative estimate of drug-likeness (QED) is 0.765. The van der Waals surface area contributed by atoms with E-state index < -0.39 is 0 Å². The highest BCUT2D eigenvalue weighted by atomic mass is 32.1. The van der Waals surface area contributed by atoms with E-state index in [0.717, 1.165) is 32.0 Å². The molecule has 24 heavy (non-hydrogen) atoms. The van der Waals surface area contributed by atoms with Crippen LogP contribution in [-0.4, -0.2) is 7.11 Å². The topological polar surface area (TPSA) is 68.3 Å². The fourth-order valence-electron chi connectivity index (χ4n) is 3.01. The molecule has 1 aromatic heterocycles. The molecule has 2 N–H and O–H groups in total. The lowest BCUT2D eigenvalue weighted by Gasteiger charge is -2.24. The Kier molecular flexibility index (Phi) is 3.40. The maximum atomic E-state index is 9.61. The van der Waals surface area contributed by atoms with Crippen molar-refractivity contribution in [3.8, 4) is 17.6 Å². The minimum Gasteiger partial charge on any atom is -0.497 e. The molecule has 2 heterocycles. The summed E-state index contributed by atoms with van der Waals surface area (Å²) in [5, 5.41) is 10.6. The van der Waals surface area contributed by atoms with Gasteiger partial charge in [-0.3, -0.25) is 0 Å². The Bertz CT molecular complexity index is 996. The Hall–Kier alpha value is -2.97. The van der Waals surface area contributed by atoms with Gasteiger partial charge in [0.15, 0.2) is 5.75 Å². The normalized spacial score (nSPS) is 16.4. The summed E-state index contributed by atoms with van der Waals surface area (Å²) in [6.45, 7) is 0. The zero-order valence-corrected chi connectivity index (χ0v) is 13.8. The van der Waals surface area contributed by atoms with E-state index >= 15 is 0 Å². The van der Waals surface area contributed by atoms with Crippen LogP contribution in [0.2, 0.25) is 0 Å². The molecule has 0 spiro atoms. The average molecular weight is 334 g/mol. The van der Waals surface area contributed by atoms with Crippen molar-refractivity contribution >= 4 is 21.4 Å². The Morgan fingerprint density at radius 3 is 2.62 bits per heavy atom. The number of rotatable bonds is 2. The number of fused-ring (bicyclic) bond motifs is 3. The molecule has 4 nitrogen and oxygen atoms in total. The number of thiophene rings is 1. The van der Waals surface area contributed by atoms with E-state index in [1.807, 2.05) is 42.5 Å². The van der Waals surface area contributed by atoms with Crippen LogP contribution in [0.5, 0.6) is 11.5 Å². The standard InChI is InChI=1S/C19H14N2O2S/c1-22-12-8-6-11(7-9-12)16-14(10-20)19(21)23-17-13-4-2-3-5-15(13)24-18(16)17/h2-9,16H,21H2,1H3. The maximum absolute atomic E-state index is 9.61. The molecule has 0 bridgehead atoms. The number of allylic oxidation sites excluding steroid dienone is 1. The highest BCUT2D eigenvalue weighted by Crippen LogP contribution is 2.50. The van der Waals surface area contributed by atoms with Crippen molar-refractivity contribution in [2.75, 3.05) is 7.11 Å². The third kappa shape index (κ3) is 2.12. The monoisotopic (exact) mass is 334 g/mol. The molecule has 118 valence electrons. The summed E-state index contributed by atoms with van der Waals surface area (Å²) in [5.41, 5.74) is 7.49. The van der Waals surface area contributed by atoms with E-state index in [0.29, 0.717) is 5.57 Å². The van der Waals surface area contributed by atoms with Gasteiger partial charge in [-0.25, -0.2) is 0 Å². The number of benzene rings is 2. The van der Waals surface area contributed by atoms with E-state index in [1.165, 1.54) is 0 Å². The number of hydrogen-bond acceptors (Lipinski definition) is 5. The van der Waals surface area contributed by atoms with Crippen molar-refractivity contribution in [1.29, 1.82) is 5.26 Å². The van der Waals surface area contributed by atoms with Crippen molar-refractivity contribution < 1.29 is 9.47 Å². The predicted molar refractivity (Wildman–Crippen MR) is 94.1 cm³/mol. The van der Waals surface area contributed by atoms with Gasteiger partial charge in [-0.2, -0.15) is 5.26 Å². The molecule has 2 aromatic carbocycles. The van der Waals surface area contributed by atoms with E-state index in [2.05, 4.69) is 12.1 Å². The molecule has 0 radical (unpaired) electrons. The van der Waals surface area contributed by atoms with Gasteiger partial charge >= 0.3 is 0 Å². The van der Waals surface area contributed by atoms with Gasteiger partial charge in [0.2, 0.25) is 5.88 Å².